The lowest BCUT2D eigenvalue weighted by atomic mass is 9.86. The summed E-state index contributed by atoms with van der Waals surface area (Å²) in [6.07, 6.45) is 5.28. The summed E-state index contributed by atoms with van der Waals surface area (Å²) in [5.74, 6) is 2.20. The average Bonchev–Trinajstić information content (AvgIpc) is 3.10. The van der Waals surface area contributed by atoms with Crippen LogP contribution in [0.5, 0.6) is 0 Å². The Morgan fingerprint density at radius 1 is 1.42 bits per heavy atom. The van der Waals surface area contributed by atoms with Crippen LogP contribution in [0.15, 0.2) is 26.3 Å². The lowest BCUT2D eigenvalue weighted by Crippen LogP contribution is -2.24. The highest BCUT2D eigenvalue weighted by atomic mass is 79.9. The van der Waals surface area contributed by atoms with Crippen molar-refractivity contribution >= 4 is 27.5 Å². The number of furan rings is 1. The summed E-state index contributed by atoms with van der Waals surface area (Å²) in [7, 11) is 0. The van der Waals surface area contributed by atoms with E-state index in [9.17, 15) is 4.79 Å². The van der Waals surface area contributed by atoms with Crippen LogP contribution in [0.4, 0.5) is 0 Å². The summed E-state index contributed by atoms with van der Waals surface area (Å²) in [5.41, 5.74) is 3.63. The maximum atomic E-state index is 11.8. The lowest BCUT2D eigenvalue weighted by Gasteiger charge is -2.21. The average molecular weight is 325 g/mol. The number of carbonyl (C=O) groups excluding carboxylic acids is 1. The predicted molar refractivity (Wildman–Crippen MR) is 75.9 cm³/mol. The van der Waals surface area contributed by atoms with Crippen molar-refractivity contribution in [3.8, 4) is 0 Å². The molecule has 1 aromatic rings. The molecule has 2 fully saturated rings. The Balaban J connectivity index is 1.61. The molecule has 0 aromatic carbocycles. The molecular weight excluding hydrogens is 308 g/mol. The van der Waals surface area contributed by atoms with E-state index in [-0.39, 0.29) is 11.7 Å². The number of amides is 1. The number of nitrogens with one attached hydrogen (secondary N) is 1. The lowest BCUT2D eigenvalue weighted by molar-refractivity contribution is 0.0925. The molecule has 0 radical (unpaired) electrons. The molecule has 3 unspecified atom stereocenters. The van der Waals surface area contributed by atoms with Crippen LogP contribution in [0.25, 0.3) is 0 Å². The van der Waals surface area contributed by atoms with Gasteiger partial charge in [-0.1, -0.05) is 6.42 Å². The van der Waals surface area contributed by atoms with Gasteiger partial charge in [-0.2, -0.15) is 5.10 Å². The molecule has 102 valence electrons. The predicted octanol–water partition coefficient (Wildman–Crippen LogP) is 3.58. The van der Waals surface area contributed by atoms with E-state index in [1.807, 2.05) is 6.92 Å². The third kappa shape index (κ3) is 2.61. The van der Waals surface area contributed by atoms with Crippen LogP contribution in [0.3, 0.4) is 0 Å². The standard InChI is InChI=1S/C14H17BrN2O2/c1-8(11-7-9-2-3-10(11)6-9)16-17-14(18)12-4-5-13(15)19-12/h4-5,9-11H,2-3,6-7H2,1H3,(H,17,18)/b16-8+. The number of hydrogen-bond donors (Lipinski definition) is 1. The zero-order valence-corrected chi connectivity index (χ0v) is 12.4. The van der Waals surface area contributed by atoms with Gasteiger partial charge in [-0.3, -0.25) is 4.79 Å². The number of hydrogen-bond acceptors (Lipinski definition) is 3. The molecule has 19 heavy (non-hydrogen) atoms. The zero-order valence-electron chi connectivity index (χ0n) is 10.9. The number of nitrogens with zero attached hydrogens (tertiary/aromatic N) is 1. The highest BCUT2D eigenvalue weighted by molar-refractivity contribution is 9.10. The number of rotatable bonds is 3. The SMILES string of the molecule is C/C(=N\NC(=O)c1ccc(Br)o1)C1CC2CCC1C2. The van der Waals surface area contributed by atoms with Crippen molar-refractivity contribution in [3.63, 3.8) is 0 Å². The summed E-state index contributed by atoms with van der Waals surface area (Å²) in [5, 5.41) is 4.25. The van der Waals surface area contributed by atoms with E-state index in [4.69, 9.17) is 4.42 Å². The molecular formula is C14H17BrN2O2. The van der Waals surface area contributed by atoms with Crippen molar-refractivity contribution < 1.29 is 9.21 Å². The van der Waals surface area contributed by atoms with E-state index in [1.165, 1.54) is 25.7 Å². The Bertz CT molecular complexity index is 523. The van der Waals surface area contributed by atoms with E-state index < -0.39 is 0 Å². The van der Waals surface area contributed by atoms with Crippen molar-refractivity contribution in [1.82, 2.24) is 5.43 Å². The minimum absolute atomic E-state index is 0.274. The molecule has 3 rings (SSSR count). The van der Waals surface area contributed by atoms with Gasteiger partial charge in [-0.15, -0.1) is 0 Å². The topological polar surface area (TPSA) is 54.6 Å². The summed E-state index contributed by atoms with van der Waals surface area (Å²) in [4.78, 5) is 11.8. The molecule has 5 heteroatoms. The van der Waals surface area contributed by atoms with Gasteiger partial charge in [0.15, 0.2) is 10.4 Å². The first-order chi connectivity index (χ1) is 9.13. The Morgan fingerprint density at radius 3 is 2.84 bits per heavy atom. The smallest absolute Gasteiger partial charge is 0.307 e. The summed E-state index contributed by atoms with van der Waals surface area (Å²) in [6.45, 7) is 2.02. The number of carbonyl (C=O) groups is 1. The molecule has 2 bridgehead atoms. The normalized spacial score (nSPS) is 29.8. The monoisotopic (exact) mass is 324 g/mol. The Morgan fingerprint density at radius 2 is 2.26 bits per heavy atom. The second-order valence-corrected chi connectivity index (χ2v) is 6.36. The molecule has 0 spiro atoms. The van der Waals surface area contributed by atoms with E-state index in [1.54, 1.807) is 12.1 Å². The van der Waals surface area contributed by atoms with Gasteiger partial charge >= 0.3 is 5.91 Å². The van der Waals surface area contributed by atoms with Crippen LogP contribution in [0.2, 0.25) is 0 Å². The van der Waals surface area contributed by atoms with E-state index in [0.29, 0.717) is 10.6 Å². The third-order valence-electron chi connectivity index (χ3n) is 4.41. The van der Waals surface area contributed by atoms with Gasteiger partial charge in [-0.25, -0.2) is 5.43 Å². The van der Waals surface area contributed by atoms with Gasteiger partial charge in [0.2, 0.25) is 0 Å². The first-order valence-corrected chi connectivity index (χ1v) is 7.52. The maximum Gasteiger partial charge on any atom is 0.307 e. The van der Waals surface area contributed by atoms with Crippen molar-refractivity contribution in [3.05, 3.63) is 22.6 Å². The van der Waals surface area contributed by atoms with Gasteiger partial charge in [0.1, 0.15) is 0 Å². The van der Waals surface area contributed by atoms with Crippen LogP contribution in [0.1, 0.15) is 43.2 Å². The molecule has 3 atom stereocenters. The number of halogens is 1. The van der Waals surface area contributed by atoms with Crippen LogP contribution < -0.4 is 5.43 Å². The largest absolute Gasteiger partial charge is 0.444 e. The molecule has 4 nitrogen and oxygen atoms in total. The minimum atomic E-state index is -0.298. The fraction of sp³-hybridized carbons (Fsp3) is 0.571. The summed E-state index contributed by atoms with van der Waals surface area (Å²) < 4.78 is 5.74. The second kappa shape index (κ2) is 5.12. The quantitative estimate of drug-likeness (QED) is 0.682. The van der Waals surface area contributed by atoms with Gasteiger partial charge in [0, 0.05) is 11.6 Å². The molecule has 0 saturated heterocycles. The van der Waals surface area contributed by atoms with Crippen LogP contribution in [-0.2, 0) is 0 Å². The van der Waals surface area contributed by atoms with Gasteiger partial charge < -0.3 is 4.42 Å². The van der Waals surface area contributed by atoms with E-state index in [0.717, 1.165) is 17.5 Å². The number of hydrazone groups is 1. The van der Waals surface area contributed by atoms with Crippen LogP contribution in [0, 0.1) is 17.8 Å². The van der Waals surface area contributed by atoms with Crippen LogP contribution >= 0.6 is 15.9 Å². The molecule has 2 aliphatic rings. The Kier molecular flexibility index (Phi) is 3.48. The van der Waals surface area contributed by atoms with Gasteiger partial charge in [0.25, 0.3) is 0 Å². The van der Waals surface area contributed by atoms with E-state index >= 15 is 0 Å². The molecule has 1 aromatic heterocycles. The fourth-order valence-corrected chi connectivity index (χ4v) is 3.78. The zero-order chi connectivity index (χ0) is 13.4. The highest BCUT2D eigenvalue weighted by Gasteiger charge is 2.40. The minimum Gasteiger partial charge on any atom is -0.444 e. The van der Waals surface area contributed by atoms with Crippen LogP contribution in [-0.4, -0.2) is 11.6 Å². The fourth-order valence-electron chi connectivity index (χ4n) is 3.47. The Hall–Kier alpha value is -1.10. The Labute approximate surface area is 120 Å². The first-order valence-electron chi connectivity index (χ1n) is 6.73. The van der Waals surface area contributed by atoms with E-state index in [2.05, 4.69) is 26.5 Å². The van der Waals surface area contributed by atoms with Gasteiger partial charge in [0.05, 0.1) is 0 Å². The molecule has 1 amide bonds. The van der Waals surface area contributed by atoms with Gasteiger partial charge in [-0.05, 0) is 66.1 Å². The molecule has 2 saturated carbocycles. The van der Waals surface area contributed by atoms with Crippen molar-refractivity contribution in [2.45, 2.75) is 32.6 Å². The molecule has 1 heterocycles. The van der Waals surface area contributed by atoms with Crippen molar-refractivity contribution in [2.75, 3.05) is 0 Å². The number of fused-ring (bicyclic) bond motifs is 2. The molecule has 0 aliphatic heterocycles. The maximum absolute atomic E-state index is 11.8. The molecule has 2 aliphatic carbocycles. The third-order valence-corrected chi connectivity index (χ3v) is 4.83. The first kappa shape index (κ1) is 12.9. The van der Waals surface area contributed by atoms with Crippen molar-refractivity contribution in [1.29, 1.82) is 0 Å². The highest BCUT2D eigenvalue weighted by Crippen LogP contribution is 2.48. The summed E-state index contributed by atoms with van der Waals surface area (Å²) >= 11 is 3.17. The second-order valence-electron chi connectivity index (χ2n) is 5.58. The summed E-state index contributed by atoms with van der Waals surface area (Å²) in [6, 6.07) is 3.32. The molecule has 1 N–H and O–H groups in total. The van der Waals surface area contributed by atoms with Crippen molar-refractivity contribution in [2.24, 2.45) is 22.9 Å².